The summed E-state index contributed by atoms with van der Waals surface area (Å²) in [6.45, 7) is 0.773. The van der Waals surface area contributed by atoms with Crippen molar-refractivity contribution in [3.63, 3.8) is 0 Å². The van der Waals surface area contributed by atoms with Gasteiger partial charge in [-0.05, 0) is 41.8 Å². The van der Waals surface area contributed by atoms with Crippen molar-refractivity contribution in [3.8, 4) is 0 Å². The number of hydrogen-bond donors (Lipinski definition) is 1. The van der Waals surface area contributed by atoms with Gasteiger partial charge in [-0.3, -0.25) is 0 Å². The Morgan fingerprint density at radius 3 is 2.39 bits per heavy atom. The number of rotatable bonds is 5. The Morgan fingerprint density at radius 1 is 0.944 bits per heavy atom. The summed E-state index contributed by atoms with van der Waals surface area (Å²) in [5, 5.41) is 4.14. The lowest BCUT2D eigenvalue weighted by Gasteiger charge is -2.07. The molecule has 3 heteroatoms. The first-order valence-electron chi connectivity index (χ1n) is 5.91. The van der Waals surface area contributed by atoms with E-state index < -0.39 is 0 Å². The molecule has 0 spiro atoms. The average molecular weight is 280 g/mol. The molecule has 0 radical (unpaired) electrons. The Labute approximate surface area is 118 Å². The predicted octanol–water partition coefficient (Wildman–Crippen LogP) is 4.73. The highest BCUT2D eigenvalue weighted by Gasteiger charge is 1.96. The van der Waals surface area contributed by atoms with E-state index in [0.29, 0.717) is 5.88 Å². The van der Waals surface area contributed by atoms with Gasteiger partial charge < -0.3 is 5.32 Å². The SMILES string of the molecule is ClCCc1ccc(NCc2cccc(Cl)c2)cc1. The van der Waals surface area contributed by atoms with Crippen LogP contribution in [0.2, 0.25) is 5.02 Å². The van der Waals surface area contributed by atoms with Crippen molar-refractivity contribution in [2.45, 2.75) is 13.0 Å². The van der Waals surface area contributed by atoms with Gasteiger partial charge in [0.05, 0.1) is 0 Å². The predicted molar refractivity (Wildman–Crippen MR) is 79.6 cm³/mol. The zero-order valence-electron chi connectivity index (χ0n) is 10.00. The Bertz CT molecular complexity index is 494. The summed E-state index contributed by atoms with van der Waals surface area (Å²) in [5.41, 5.74) is 3.54. The summed E-state index contributed by atoms with van der Waals surface area (Å²) < 4.78 is 0. The molecule has 0 aromatic heterocycles. The van der Waals surface area contributed by atoms with Gasteiger partial charge in [-0.25, -0.2) is 0 Å². The highest BCUT2D eigenvalue weighted by Crippen LogP contribution is 2.14. The molecule has 0 amide bonds. The fraction of sp³-hybridized carbons (Fsp3) is 0.200. The van der Waals surface area contributed by atoms with Crippen molar-refractivity contribution in [1.82, 2.24) is 0 Å². The Kier molecular flexibility index (Phi) is 4.91. The minimum atomic E-state index is 0.662. The van der Waals surface area contributed by atoms with Crippen LogP contribution in [0.4, 0.5) is 5.69 Å². The van der Waals surface area contributed by atoms with Crippen LogP contribution < -0.4 is 5.32 Å². The highest BCUT2D eigenvalue weighted by atomic mass is 35.5. The third-order valence-corrected chi connectivity index (χ3v) is 3.15. The molecule has 18 heavy (non-hydrogen) atoms. The van der Waals surface area contributed by atoms with Crippen molar-refractivity contribution < 1.29 is 0 Å². The first-order valence-corrected chi connectivity index (χ1v) is 6.82. The smallest absolute Gasteiger partial charge is 0.0409 e. The number of anilines is 1. The number of alkyl halides is 1. The molecule has 2 aromatic rings. The maximum atomic E-state index is 5.94. The van der Waals surface area contributed by atoms with Crippen LogP contribution >= 0.6 is 23.2 Å². The van der Waals surface area contributed by atoms with E-state index in [4.69, 9.17) is 23.2 Å². The van der Waals surface area contributed by atoms with Crippen LogP contribution in [0.3, 0.4) is 0 Å². The molecule has 0 saturated heterocycles. The number of aryl methyl sites for hydroxylation is 1. The Hall–Kier alpha value is -1.18. The average Bonchev–Trinajstić information content (AvgIpc) is 2.38. The van der Waals surface area contributed by atoms with Gasteiger partial charge in [-0.1, -0.05) is 35.9 Å². The molecule has 0 aliphatic rings. The topological polar surface area (TPSA) is 12.0 Å². The molecule has 2 aromatic carbocycles. The molecule has 1 N–H and O–H groups in total. The number of benzene rings is 2. The lowest BCUT2D eigenvalue weighted by Crippen LogP contribution is -1.99. The summed E-state index contributed by atoms with van der Waals surface area (Å²) in [6.07, 6.45) is 0.913. The molecule has 0 atom stereocenters. The molecule has 94 valence electrons. The molecule has 0 saturated carbocycles. The molecule has 0 unspecified atom stereocenters. The second kappa shape index (κ2) is 6.67. The van der Waals surface area contributed by atoms with Crippen LogP contribution in [0, 0.1) is 0 Å². The number of nitrogens with one attached hydrogen (secondary N) is 1. The fourth-order valence-electron chi connectivity index (χ4n) is 1.75. The number of halogens is 2. The zero-order chi connectivity index (χ0) is 12.8. The van der Waals surface area contributed by atoms with E-state index in [1.807, 2.05) is 18.2 Å². The largest absolute Gasteiger partial charge is 0.381 e. The summed E-state index contributed by atoms with van der Waals surface area (Å²) in [4.78, 5) is 0. The van der Waals surface area contributed by atoms with Gasteiger partial charge >= 0.3 is 0 Å². The fourth-order valence-corrected chi connectivity index (χ4v) is 2.18. The quantitative estimate of drug-likeness (QED) is 0.780. The maximum absolute atomic E-state index is 5.94. The second-order valence-electron chi connectivity index (χ2n) is 4.12. The summed E-state index contributed by atoms with van der Waals surface area (Å²) >= 11 is 11.6. The Balaban J connectivity index is 1.93. The van der Waals surface area contributed by atoms with Gasteiger partial charge in [0.25, 0.3) is 0 Å². The summed E-state index contributed by atoms with van der Waals surface area (Å²) in [7, 11) is 0. The molecule has 1 nitrogen and oxygen atoms in total. The first kappa shape index (κ1) is 13.3. The van der Waals surface area contributed by atoms with E-state index in [-0.39, 0.29) is 0 Å². The van der Waals surface area contributed by atoms with Crippen LogP contribution in [0.1, 0.15) is 11.1 Å². The van der Waals surface area contributed by atoms with Crippen molar-refractivity contribution >= 4 is 28.9 Å². The third-order valence-electron chi connectivity index (χ3n) is 2.72. The van der Waals surface area contributed by atoms with E-state index in [2.05, 4.69) is 35.6 Å². The zero-order valence-corrected chi connectivity index (χ0v) is 11.5. The van der Waals surface area contributed by atoms with E-state index in [1.54, 1.807) is 0 Å². The van der Waals surface area contributed by atoms with E-state index >= 15 is 0 Å². The first-order chi connectivity index (χ1) is 8.78. The van der Waals surface area contributed by atoms with Gasteiger partial charge in [0.2, 0.25) is 0 Å². The van der Waals surface area contributed by atoms with Gasteiger partial charge in [0, 0.05) is 23.1 Å². The van der Waals surface area contributed by atoms with E-state index in [0.717, 1.165) is 23.7 Å². The minimum absolute atomic E-state index is 0.662. The number of hydrogen-bond acceptors (Lipinski definition) is 1. The van der Waals surface area contributed by atoms with Crippen LogP contribution in [0.25, 0.3) is 0 Å². The monoisotopic (exact) mass is 279 g/mol. The Morgan fingerprint density at radius 2 is 1.72 bits per heavy atom. The molecule has 2 rings (SSSR count). The molecular weight excluding hydrogens is 265 g/mol. The molecular formula is C15H15Cl2N. The van der Waals surface area contributed by atoms with Crippen molar-refractivity contribution in [2.75, 3.05) is 11.2 Å². The third kappa shape index (κ3) is 3.94. The lowest BCUT2D eigenvalue weighted by molar-refractivity contribution is 1.13. The lowest BCUT2D eigenvalue weighted by atomic mass is 10.1. The normalized spacial score (nSPS) is 10.3. The van der Waals surface area contributed by atoms with Gasteiger partial charge in [-0.2, -0.15) is 0 Å². The van der Waals surface area contributed by atoms with Crippen LogP contribution in [0.5, 0.6) is 0 Å². The molecule has 0 aliphatic carbocycles. The van der Waals surface area contributed by atoms with Gasteiger partial charge in [0.15, 0.2) is 0 Å². The van der Waals surface area contributed by atoms with Crippen LogP contribution in [-0.4, -0.2) is 5.88 Å². The minimum Gasteiger partial charge on any atom is -0.381 e. The van der Waals surface area contributed by atoms with Crippen molar-refractivity contribution in [2.24, 2.45) is 0 Å². The van der Waals surface area contributed by atoms with E-state index in [1.165, 1.54) is 11.1 Å². The maximum Gasteiger partial charge on any atom is 0.0409 e. The molecule has 0 aliphatic heterocycles. The summed E-state index contributed by atoms with van der Waals surface area (Å²) in [6, 6.07) is 16.2. The van der Waals surface area contributed by atoms with Crippen molar-refractivity contribution in [1.29, 1.82) is 0 Å². The van der Waals surface area contributed by atoms with Crippen LogP contribution in [-0.2, 0) is 13.0 Å². The van der Waals surface area contributed by atoms with Crippen LogP contribution in [0.15, 0.2) is 48.5 Å². The molecule has 0 heterocycles. The van der Waals surface area contributed by atoms with Gasteiger partial charge in [0.1, 0.15) is 0 Å². The van der Waals surface area contributed by atoms with E-state index in [9.17, 15) is 0 Å². The molecule has 0 bridgehead atoms. The summed E-state index contributed by atoms with van der Waals surface area (Å²) in [5.74, 6) is 0.662. The van der Waals surface area contributed by atoms with Crippen molar-refractivity contribution in [3.05, 3.63) is 64.7 Å². The molecule has 0 fully saturated rings. The van der Waals surface area contributed by atoms with Gasteiger partial charge in [-0.15, -0.1) is 11.6 Å². The standard InChI is InChI=1S/C15H15Cl2N/c16-9-8-12-4-6-15(7-5-12)18-11-13-2-1-3-14(17)10-13/h1-7,10,18H,8-9,11H2. The second-order valence-corrected chi connectivity index (χ2v) is 4.93. The highest BCUT2D eigenvalue weighted by molar-refractivity contribution is 6.30.